The molecule has 1 N–H and O–H groups in total. The summed E-state index contributed by atoms with van der Waals surface area (Å²) in [6.45, 7) is 2.09. The molecule has 1 saturated carbocycles. The van der Waals surface area contributed by atoms with Gasteiger partial charge in [-0.3, -0.25) is 4.79 Å². The highest BCUT2D eigenvalue weighted by atomic mass is 16.5. The lowest BCUT2D eigenvalue weighted by Gasteiger charge is -2.11. The van der Waals surface area contributed by atoms with Crippen LogP contribution in [0, 0.1) is 0 Å². The highest BCUT2D eigenvalue weighted by Gasteiger charge is 2.23. The molecule has 2 aromatic rings. The molecule has 1 amide bonds. The zero-order valence-electron chi connectivity index (χ0n) is 11.6. The van der Waals surface area contributed by atoms with E-state index in [0.29, 0.717) is 11.8 Å². The molecule has 0 radical (unpaired) electrons. The van der Waals surface area contributed by atoms with Crippen LogP contribution in [-0.4, -0.2) is 23.5 Å². The van der Waals surface area contributed by atoms with Crippen LogP contribution in [0.3, 0.4) is 0 Å². The molecule has 0 aliphatic heterocycles. The molecule has 0 saturated heterocycles. The summed E-state index contributed by atoms with van der Waals surface area (Å²) < 4.78 is 5.65. The fraction of sp³-hybridized carbons (Fsp3) is 0.375. The van der Waals surface area contributed by atoms with E-state index in [4.69, 9.17) is 4.74 Å². The molecular weight excluding hydrogens is 252 g/mol. The lowest BCUT2D eigenvalue weighted by molar-refractivity contribution is -0.123. The number of ether oxygens (including phenoxy) is 1. The molecule has 1 aromatic heterocycles. The van der Waals surface area contributed by atoms with E-state index in [0.717, 1.165) is 35.9 Å². The molecule has 1 fully saturated rings. The van der Waals surface area contributed by atoms with Gasteiger partial charge in [-0.15, -0.1) is 0 Å². The van der Waals surface area contributed by atoms with Gasteiger partial charge in [0.2, 0.25) is 0 Å². The van der Waals surface area contributed by atoms with Crippen LogP contribution < -0.4 is 10.1 Å². The Kier molecular flexibility index (Phi) is 3.54. The second kappa shape index (κ2) is 5.49. The van der Waals surface area contributed by atoms with Gasteiger partial charge in [0, 0.05) is 11.4 Å². The van der Waals surface area contributed by atoms with E-state index in [2.05, 4.69) is 10.3 Å². The number of carbonyl (C=O) groups is 1. The smallest absolute Gasteiger partial charge is 0.258 e. The predicted molar refractivity (Wildman–Crippen MR) is 77.8 cm³/mol. The van der Waals surface area contributed by atoms with E-state index >= 15 is 0 Å². The van der Waals surface area contributed by atoms with Gasteiger partial charge in [-0.05, 0) is 31.4 Å². The lowest BCUT2D eigenvalue weighted by atomic mass is 10.1. The number of fused-ring (bicyclic) bond motifs is 1. The number of amides is 1. The largest absolute Gasteiger partial charge is 0.482 e. The highest BCUT2D eigenvalue weighted by Crippen LogP contribution is 2.23. The van der Waals surface area contributed by atoms with Crippen molar-refractivity contribution in [2.24, 2.45) is 0 Å². The summed E-state index contributed by atoms with van der Waals surface area (Å²) in [5, 5.41) is 3.94. The summed E-state index contributed by atoms with van der Waals surface area (Å²) in [6.07, 6.45) is 2.96. The zero-order valence-corrected chi connectivity index (χ0v) is 11.6. The SMILES string of the molecule is CCc1nc2ccccc2cc1OCC(=O)NC1CC1. The normalized spacial score (nSPS) is 14.2. The Hall–Kier alpha value is -2.10. The van der Waals surface area contributed by atoms with Crippen LogP contribution in [0.1, 0.15) is 25.5 Å². The first-order valence-corrected chi connectivity index (χ1v) is 7.07. The third-order valence-electron chi connectivity index (χ3n) is 3.40. The van der Waals surface area contributed by atoms with Crippen molar-refractivity contribution < 1.29 is 9.53 Å². The Morgan fingerprint density at radius 3 is 2.95 bits per heavy atom. The summed E-state index contributed by atoms with van der Waals surface area (Å²) in [4.78, 5) is 16.3. The van der Waals surface area contributed by atoms with Gasteiger partial charge in [-0.1, -0.05) is 25.1 Å². The van der Waals surface area contributed by atoms with Crippen LogP contribution in [0.15, 0.2) is 30.3 Å². The van der Waals surface area contributed by atoms with E-state index in [1.165, 1.54) is 0 Å². The average molecular weight is 270 g/mol. The maximum Gasteiger partial charge on any atom is 0.258 e. The van der Waals surface area contributed by atoms with Crippen LogP contribution >= 0.6 is 0 Å². The average Bonchev–Trinajstić information content (AvgIpc) is 3.28. The quantitative estimate of drug-likeness (QED) is 0.908. The summed E-state index contributed by atoms with van der Waals surface area (Å²) in [5.74, 6) is 0.653. The van der Waals surface area contributed by atoms with Crippen molar-refractivity contribution in [3.63, 3.8) is 0 Å². The Labute approximate surface area is 118 Å². The van der Waals surface area contributed by atoms with Crippen molar-refractivity contribution in [3.8, 4) is 5.75 Å². The van der Waals surface area contributed by atoms with E-state index in [1.807, 2.05) is 37.3 Å². The molecule has 4 heteroatoms. The standard InChI is InChI=1S/C16H18N2O2/c1-2-13-15(20-10-16(19)17-12-7-8-12)9-11-5-3-4-6-14(11)18-13/h3-6,9,12H,2,7-8,10H2,1H3,(H,17,19). The molecule has 0 spiro atoms. The molecule has 3 rings (SSSR count). The number of hydrogen-bond donors (Lipinski definition) is 1. The van der Waals surface area contributed by atoms with Crippen molar-refractivity contribution in [1.82, 2.24) is 10.3 Å². The number of nitrogens with zero attached hydrogens (tertiary/aromatic N) is 1. The Morgan fingerprint density at radius 1 is 1.40 bits per heavy atom. The van der Waals surface area contributed by atoms with Gasteiger partial charge in [0.15, 0.2) is 6.61 Å². The Morgan fingerprint density at radius 2 is 2.20 bits per heavy atom. The number of nitrogens with one attached hydrogen (secondary N) is 1. The minimum Gasteiger partial charge on any atom is -0.482 e. The van der Waals surface area contributed by atoms with Gasteiger partial charge in [0.1, 0.15) is 5.75 Å². The molecule has 104 valence electrons. The van der Waals surface area contributed by atoms with Crippen LogP contribution in [-0.2, 0) is 11.2 Å². The van der Waals surface area contributed by atoms with Gasteiger partial charge in [-0.25, -0.2) is 4.98 Å². The lowest BCUT2D eigenvalue weighted by Crippen LogP contribution is -2.30. The van der Waals surface area contributed by atoms with Crippen molar-refractivity contribution in [2.45, 2.75) is 32.2 Å². The molecule has 1 aliphatic carbocycles. The first kappa shape index (κ1) is 12.9. The molecule has 4 nitrogen and oxygen atoms in total. The minimum atomic E-state index is -0.0530. The second-order valence-electron chi connectivity index (χ2n) is 5.11. The topological polar surface area (TPSA) is 51.2 Å². The molecule has 1 aliphatic rings. The number of carbonyl (C=O) groups excluding carboxylic acids is 1. The van der Waals surface area contributed by atoms with Crippen molar-refractivity contribution >= 4 is 16.8 Å². The van der Waals surface area contributed by atoms with Gasteiger partial charge in [0.05, 0.1) is 11.2 Å². The molecule has 1 heterocycles. The van der Waals surface area contributed by atoms with Gasteiger partial charge in [0.25, 0.3) is 5.91 Å². The molecule has 1 aromatic carbocycles. The van der Waals surface area contributed by atoms with Crippen molar-refractivity contribution in [1.29, 1.82) is 0 Å². The molecule has 0 atom stereocenters. The fourth-order valence-electron chi connectivity index (χ4n) is 2.16. The minimum absolute atomic E-state index is 0.0530. The van der Waals surface area contributed by atoms with E-state index in [1.54, 1.807) is 0 Å². The monoisotopic (exact) mass is 270 g/mol. The van der Waals surface area contributed by atoms with Crippen LogP contribution in [0.5, 0.6) is 5.75 Å². The Bertz CT molecular complexity index is 635. The van der Waals surface area contributed by atoms with Crippen LogP contribution in [0.25, 0.3) is 10.9 Å². The first-order valence-electron chi connectivity index (χ1n) is 7.07. The van der Waals surface area contributed by atoms with E-state index < -0.39 is 0 Å². The summed E-state index contributed by atoms with van der Waals surface area (Å²) in [6, 6.07) is 10.3. The third kappa shape index (κ3) is 2.90. The molecule has 20 heavy (non-hydrogen) atoms. The molecular formula is C16H18N2O2. The third-order valence-corrected chi connectivity index (χ3v) is 3.40. The number of aryl methyl sites for hydroxylation is 1. The maximum atomic E-state index is 11.7. The maximum absolute atomic E-state index is 11.7. The summed E-state index contributed by atoms with van der Waals surface area (Å²) in [5.41, 5.74) is 1.85. The molecule has 0 bridgehead atoms. The predicted octanol–water partition coefficient (Wildman–Crippen LogP) is 2.45. The zero-order chi connectivity index (χ0) is 13.9. The number of benzene rings is 1. The van der Waals surface area contributed by atoms with Crippen LogP contribution in [0.4, 0.5) is 0 Å². The van der Waals surface area contributed by atoms with Gasteiger partial charge < -0.3 is 10.1 Å². The van der Waals surface area contributed by atoms with Crippen LogP contribution in [0.2, 0.25) is 0 Å². The van der Waals surface area contributed by atoms with Crippen molar-refractivity contribution in [2.75, 3.05) is 6.61 Å². The number of para-hydroxylation sites is 1. The number of aromatic nitrogens is 1. The van der Waals surface area contributed by atoms with Crippen molar-refractivity contribution in [3.05, 3.63) is 36.0 Å². The first-order chi connectivity index (χ1) is 9.76. The number of pyridine rings is 1. The second-order valence-corrected chi connectivity index (χ2v) is 5.11. The summed E-state index contributed by atoms with van der Waals surface area (Å²) >= 11 is 0. The van der Waals surface area contributed by atoms with E-state index in [9.17, 15) is 4.79 Å². The Balaban J connectivity index is 1.76. The number of rotatable bonds is 5. The summed E-state index contributed by atoms with van der Waals surface area (Å²) in [7, 11) is 0. The highest BCUT2D eigenvalue weighted by molar-refractivity contribution is 5.81. The number of hydrogen-bond acceptors (Lipinski definition) is 3. The van der Waals surface area contributed by atoms with Gasteiger partial charge in [-0.2, -0.15) is 0 Å². The molecule has 0 unspecified atom stereocenters. The fourth-order valence-corrected chi connectivity index (χ4v) is 2.16. The van der Waals surface area contributed by atoms with Gasteiger partial charge >= 0.3 is 0 Å². The van der Waals surface area contributed by atoms with E-state index in [-0.39, 0.29) is 12.5 Å².